The molecule has 0 radical (unpaired) electrons. The van der Waals surface area contributed by atoms with Gasteiger partial charge in [0, 0.05) is 15.4 Å². The standard InChI is InChI=1S/C12H15BrClF/c1-2-3-5-9(13)8-10-11(14)6-4-7-12(10)15/h4,6-7,9H,2-3,5,8H2,1H3. The van der Waals surface area contributed by atoms with E-state index < -0.39 is 0 Å². The van der Waals surface area contributed by atoms with Crippen LogP contribution in [0.4, 0.5) is 4.39 Å². The monoisotopic (exact) mass is 292 g/mol. The van der Waals surface area contributed by atoms with Gasteiger partial charge in [-0.25, -0.2) is 4.39 Å². The summed E-state index contributed by atoms with van der Waals surface area (Å²) in [4.78, 5) is 0.312. The van der Waals surface area contributed by atoms with Crippen molar-refractivity contribution in [2.24, 2.45) is 0 Å². The van der Waals surface area contributed by atoms with E-state index in [0.717, 1.165) is 19.3 Å². The van der Waals surface area contributed by atoms with Crippen molar-refractivity contribution in [3.63, 3.8) is 0 Å². The Morgan fingerprint density at radius 2 is 2.20 bits per heavy atom. The largest absolute Gasteiger partial charge is 0.207 e. The zero-order valence-electron chi connectivity index (χ0n) is 8.77. The summed E-state index contributed by atoms with van der Waals surface area (Å²) >= 11 is 9.51. The van der Waals surface area contributed by atoms with Crippen LogP contribution in [0.15, 0.2) is 18.2 Å². The number of unbranched alkanes of at least 4 members (excludes halogenated alkanes) is 1. The Bertz CT molecular complexity index is 294. The van der Waals surface area contributed by atoms with Crippen LogP contribution in [0.3, 0.4) is 0 Å². The first-order valence-electron chi connectivity index (χ1n) is 5.22. The van der Waals surface area contributed by atoms with Crippen molar-refractivity contribution in [3.05, 3.63) is 34.6 Å². The Morgan fingerprint density at radius 1 is 1.47 bits per heavy atom. The molecule has 1 rings (SSSR count). The Kier molecular flexibility index (Phi) is 5.62. The van der Waals surface area contributed by atoms with Gasteiger partial charge in [0.25, 0.3) is 0 Å². The van der Waals surface area contributed by atoms with Gasteiger partial charge in [0.2, 0.25) is 0 Å². The molecule has 0 spiro atoms. The van der Waals surface area contributed by atoms with Crippen molar-refractivity contribution in [1.82, 2.24) is 0 Å². The smallest absolute Gasteiger partial charge is 0.127 e. The van der Waals surface area contributed by atoms with E-state index in [4.69, 9.17) is 11.6 Å². The number of rotatable bonds is 5. The number of hydrogen-bond donors (Lipinski definition) is 0. The zero-order chi connectivity index (χ0) is 11.3. The van der Waals surface area contributed by atoms with Crippen LogP contribution in [0.1, 0.15) is 31.7 Å². The summed E-state index contributed by atoms with van der Waals surface area (Å²) in [5.74, 6) is -0.205. The third kappa shape index (κ3) is 4.12. The molecule has 0 nitrogen and oxygen atoms in total. The lowest BCUT2D eigenvalue weighted by Crippen LogP contribution is -2.05. The van der Waals surface area contributed by atoms with E-state index in [2.05, 4.69) is 22.9 Å². The summed E-state index contributed by atoms with van der Waals surface area (Å²) in [6, 6.07) is 4.83. The molecule has 3 heteroatoms. The van der Waals surface area contributed by atoms with Gasteiger partial charge in [-0.2, -0.15) is 0 Å². The molecule has 0 saturated heterocycles. The molecule has 1 unspecified atom stereocenters. The zero-order valence-corrected chi connectivity index (χ0v) is 11.1. The quantitative estimate of drug-likeness (QED) is 0.672. The molecule has 0 bridgehead atoms. The molecule has 0 N–H and O–H groups in total. The molecule has 0 aliphatic heterocycles. The van der Waals surface area contributed by atoms with Gasteiger partial charge in [0.15, 0.2) is 0 Å². The summed E-state index contributed by atoms with van der Waals surface area (Å²) in [5, 5.41) is 0.524. The third-order valence-corrected chi connectivity index (χ3v) is 3.49. The number of hydrogen-bond acceptors (Lipinski definition) is 0. The summed E-state index contributed by atoms with van der Waals surface area (Å²) in [6.07, 6.45) is 4.03. The molecular formula is C12H15BrClF. The molecule has 84 valence electrons. The Morgan fingerprint density at radius 3 is 2.80 bits per heavy atom. The van der Waals surface area contributed by atoms with E-state index >= 15 is 0 Å². The maximum absolute atomic E-state index is 13.4. The number of benzene rings is 1. The van der Waals surface area contributed by atoms with Crippen LogP contribution in [-0.4, -0.2) is 4.83 Å². The minimum absolute atomic E-state index is 0.205. The first kappa shape index (κ1) is 13.0. The van der Waals surface area contributed by atoms with E-state index in [1.54, 1.807) is 12.1 Å². The van der Waals surface area contributed by atoms with Gasteiger partial charge in [0.1, 0.15) is 5.82 Å². The van der Waals surface area contributed by atoms with Gasteiger partial charge in [-0.05, 0) is 25.0 Å². The molecular weight excluding hydrogens is 278 g/mol. The normalized spacial score (nSPS) is 12.8. The lowest BCUT2D eigenvalue weighted by atomic mass is 10.1. The van der Waals surface area contributed by atoms with Crippen molar-refractivity contribution in [2.45, 2.75) is 37.4 Å². The molecule has 1 aromatic rings. The van der Waals surface area contributed by atoms with Crippen molar-refractivity contribution in [1.29, 1.82) is 0 Å². The Labute approximate surface area is 104 Å². The molecule has 1 aromatic carbocycles. The summed E-state index contributed by atoms with van der Waals surface area (Å²) < 4.78 is 13.4. The first-order chi connectivity index (χ1) is 7.15. The van der Waals surface area contributed by atoms with Crippen LogP contribution in [0, 0.1) is 5.82 Å². The van der Waals surface area contributed by atoms with Crippen LogP contribution in [0.25, 0.3) is 0 Å². The minimum atomic E-state index is -0.205. The van der Waals surface area contributed by atoms with E-state index in [0.29, 0.717) is 21.8 Å². The fourth-order valence-corrected chi connectivity index (χ4v) is 2.36. The maximum Gasteiger partial charge on any atom is 0.127 e. The molecule has 0 heterocycles. The van der Waals surface area contributed by atoms with Gasteiger partial charge in [0.05, 0.1) is 0 Å². The fraction of sp³-hybridized carbons (Fsp3) is 0.500. The van der Waals surface area contributed by atoms with Crippen molar-refractivity contribution < 1.29 is 4.39 Å². The number of halogens is 3. The van der Waals surface area contributed by atoms with Gasteiger partial charge in [-0.3, -0.25) is 0 Å². The van der Waals surface area contributed by atoms with E-state index in [-0.39, 0.29) is 5.82 Å². The third-order valence-electron chi connectivity index (χ3n) is 2.36. The summed E-state index contributed by atoms with van der Waals surface area (Å²) in [7, 11) is 0. The molecule has 0 fully saturated rings. The average Bonchev–Trinajstić information content (AvgIpc) is 2.21. The van der Waals surface area contributed by atoms with Crippen LogP contribution >= 0.6 is 27.5 Å². The molecule has 0 amide bonds. The van der Waals surface area contributed by atoms with Gasteiger partial charge in [-0.15, -0.1) is 0 Å². The highest BCUT2D eigenvalue weighted by Crippen LogP contribution is 2.24. The highest BCUT2D eigenvalue weighted by molar-refractivity contribution is 9.09. The van der Waals surface area contributed by atoms with Gasteiger partial charge < -0.3 is 0 Å². The first-order valence-corrected chi connectivity index (χ1v) is 6.51. The highest BCUT2D eigenvalue weighted by atomic mass is 79.9. The summed E-state index contributed by atoms with van der Waals surface area (Å²) in [6.45, 7) is 2.15. The molecule has 0 saturated carbocycles. The Balaban J connectivity index is 2.63. The second kappa shape index (κ2) is 6.49. The van der Waals surface area contributed by atoms with Gasteiger partial charge in [-0.1, -0.05) is 53.4 Å². The second-order valence-electron chi connectivity index (χ2n) is 3.64. The van der Waals surface area contributed by atoms with Crippen LogP contribution in [-0.2, 0) is 6.42 Å². The Hall–Kier alpha value is -0.0800. The van der Waals surface area contributed by atoms with Crippen molar-refractivity contribution in [2.75, 3.05) is 0 Å². The van der Waals surface area contributed by atoms with Crippen molar-refractivity contribution >= 4 is 27.5 Å². The maximum atomic E-state index is 13.4. The predicted octanol–water partition coefficient (Wildman–Crippen LogP) is 4.98. The molecule has 0 aliphatic rings. The SMILES string of the molecule is CCCCC(Br)Cc1c(F)cccc1Cl. The van der Waals surface area contributed by atoms with Crippen LogP contribution in [0.2, 0.25) is 5.02 Å². The van der Waals surface area contributed by atoms with Crippen molar-refractivity contribution in [3.8, 4) is 0 Å². The van der Waals surface area contributed by atoms with E-state index in [9.17, 15) is 4.39 Å². The molecule has 0 aromatic heterocycles. The molecule has 1 atom stereocenters. The molecule has 15 heavy (non-hydrogen) atoms. The number of alkyl halides is 1. The lowest BCUT2D eigenvalue weighted by molar-refractivity contribution is 0.599. The van der Waals surface area contributed by atoms with Crippen LogP contribution in [0.5, 0.6) is 0 Å². The van der Waals surface area contributed by atoms with E-state index in [1.807, 2.05) is 0 Å². The topological polar surface area (TPSA) is 0 Å². The van der Waals surface area contributed by atoms with Crippen LogP contribution < -0.4 is 0 Å². The minimum Gasteiger partial charge on any atom is -0.207 e. The summed E-state index contributed by atoms with van der Waals surface area (Å²) in [5.41, 5.74) is 0.622. The molecule has 0 aliphatic carbocycles. The van der Waals surface area contributed by atoms with Gasteiger partial charge >= 0.3 is 0 Å². The predicted molar refractivity (Wildman–Crippen MR) is 67.4 cm³/mol. The average molecular weight is 294 g/mol. The lowest BCUT2D eigenvalue weighted by Gasteiger charge is -2.11. The fourth-order valence-electron chi connectivity index (χ4n) is 1.48. The second-order valence-corrected chi connectivity index (χ2v) is 5.35. The highest BCUT2D eigenvalue weighted by Gasteiger charge is 2.11. The van der Waals surface area contributed by atoms with E-state index in [1.165, 1.54) is 6.07 Å².